The van der Waals surface area contributed by atoms with Gasteiger partial charge in [-0.05, 0) is 60.5 Å². The summed E-state index contributed by atoms with van der Waals surface area (Å²) in [5.74, 6) is -4.45. The number of Topliss-reactive ketones (excluding diaryl/α,β-unsaturated/α-hetero) is 1. The molecule has 0 unspecified atom stereocenters. The first-order chi connectivity index (χ1) is 17.8. The van der Waals surface area contributed by atoms with Gasteiger partial charge in [-0.25, -0.2) is 22.0 Å². The van der Waals surface area contributed by atoms with Gasteiger partial charge in [-0.15, -0.1) is 0 Å². The van der Waals surface area contributed by atoms with E-state index in [4.69, 9.17) is 9.84 Å². The number of sulfonamides is 1. The van der Waals surface area contributed by atoms with Crippen molar-refractivity contribution in [2.24, 2.45) is 0 Å². The summed E-state index contributed by atoms with van der Waals surface area (Å²) in [5.41, 5.74) is -1.50. The van der Waals surface area contributed by atoms with Gasteiger partial charge in [0.25, 0.3) is 10.0 Å². The molecule has 0 radical (unpaired) electrons. The molecule has 0 saturated carbocycles. The summed E-state index contributed by atoms with van der Waals surface area (Å²) in [6.45, 7) is -0.492. The number of aliphatic carboxylic acids is 1. The first-order valence-electron chi connectivity index (χ1n) is 11.0. The standard InChI is InChI=1S/C25H18F5NO6S/c26-16-5-7-20(27)19(12-16)14-4-9-23-21(10-14)31(13-17(37-23)6-8-22(32)24(33)34)38(35,36)18-3-1-2-15(11-18)25(28,29)30/h1-5,7,9-12,17H,6,8,13H2,(H,33,34)/t17-/m0/s1. The van der Waals surface area contributed by atoms with Crippen molar-refractivity contribution in [3.05, 3.63) is 77.9 Å². The highest BCUT2D eigenvalue weighted by molar-refractivity contribution is 7.92. The van der Waals surface area contributed by atoms with E-state index >= 15 is 0 Å². The lowest BCUT2D eigenvalue weighted by molar-refractivity contribution is -0.149. The highest BCUT2D eigenvalue weighted by Gasteiger charge is 2.37. The van der Waals surface area contributed by atoms with Crippen LogP contribution in [0.1, 0.15) is 18.4 Å². The molecule has 0 fully saturated rings. The molecular weight excluding hydrogens is 537 g/mol. The second-order valence-electron chi connectivity index (χ2n) is 8.38. The van der Waals surface area contributed by atoms with Gasteiger partial charge in [-0.2, -0.15) is 13.2 Å². The summed E-state index contributed by atoms with van der Waals surface area (Å²) in [7, 11) is -4.68. The molecule has 0 aliphatic carbocycles. The zero-order valence-corrected chi connectivity index (χ0v) is 20.0. The highest BCUT2D eigenvalue weighted by atomic mass is 32.2. The second-order valence-corrected chi connectivity index (χ2v) is 10.2. The molecule has 4 rings (SSSR count). The normalized spacial score (nSPS) is 15.5. The topological polar surface area (TPSA) is 101 Å². The van der Waals surface area contributed by atoms with Gasteiger partial charge in [0, 0.05) is 12.0 Å². The molecule has 3 aromatic carbocycles. The van der Waals surface area contributed by atoms with Crippen LogP contribution in [0.25, 0.3) is 11.1 Å². The van der Waals surface area contributed by atoms with E-state index in [1.807, 2.05) is 0 Å². The number of carboxylic acid groups (broad SMARTS) is 1. The zero-order chi connectivity index (χ0) is 27.8. The van der Waals surface area contributed by atoms with E-state index in [1.54, 1.807) is 0 Å². The predicted molar refractivity (Wildman–Crippen MR) is 124 cm³/mol. The van der Waals surface area contributed by atoms with Gasteiger partial charge >= 0.3 is 12.1 Å². The van der Waals surface area contributed by atoms with Crippen LogP contribution in [0.4, 0.5) is 27.6 Å². The number of carboxylic acids is 1. The minimum atomic E-state index is -4.82. The van der Waals surface area contributed by atoms with Crippen LogP contribution in [0.15, 0.2) is 65.6 Å². The summed E-state index contributed by atoms with van der Waals surface area (Å²) in [4.78, 5) is 21.7. The SMILES string of the molecule is O=C(O)C(=O)CC[C@H]1CN(S(=O)(=O)c2cccc(C(F)(F)F)c2)c2cc(-c3cc(F)ccc3F)ccc2O1. The molecule has 200 valence electrons. The Labute approximate surface area is 213 Å². The largest absolute Gasteiger partial charge is 0.486 e. The van der Waals surface area contributed by atoms with E-state index in [9.17, 15) is 40.0 Å². The Morgan fingerprint density at radius 3 is 2.45 bits per heavy atom. The highest BCUT2D eigenvalue weighted by Crippen LogP contribution is 2.41. The summed E-state index contributed by atoms with van der Waals surface area (Å²) in [6.07, 6.45) is -6.56. The molecule has 1 aliphatic heterocycles. The van der Waals surface area contributed by atoms with Crippen LogP contribution in [-0.4, -0.2) is 37.9 Å². The number of halogens is 5. The van der Waals surface area contributed by atoms with E-state index in [1.165, 1.54) is 18.2 Å². The van der Waals surface area contributed by atoms with Crippen molar-refractivity contribution >= 4 is 27.5 Å². The number of ketones is 1. The molecule has 13 heteroatoms. The fraction of sp³-hybridized carbons (Fsp3) is 0.200. The summed E-state index contributed by atoms with van der Waals surface area (Å²) in [5, 5.41) is 8.83. The molecule has 1 heterocycles. The van der Waals surface area contributed by atoms with Gasteiger partial charge < -0.3 is 9.84 Å². The zero-order valence-electron chi connectivity index (χ0n) is 19.2. The Bertz CT molecular complexity index is 1520. The molecule has 0 bridgehead atoms. The van der Waals surface area contributed by atoms with Gasteiger partial charge in [0.1, 0.15) is 23.5 Å². The fourth-order valence-electron chi connectivity index (χ4n) is 3.94. The van der Waals surface area contributed by atoms with Crippen LogP contribution < -0.4 is 9.04 Å². The number of benzene rings is 3. The van der Waals surface area contributed by atoms with Crippen molar-refractivity contribution in [1.29, 1.82) is 0 Å². The van der Waals surface area contributed by atoms with Crippen molar-refractivity contribution in [2.75, 3.05) is 10.8 Å². The van der Waals surface area contributed by atoms with E-state index < -0.39 is 69.1 Å². The van der Waals surface area contributed by atoms with Crippen molar-refractivity contribution in [3.63, 3.8) is 0 Å². The molecule has 1 aliphatic rings. The van der Waals surface area contributed by atoms with Crippen molar-refractivity contribution < 1.29 is 49.8 Å². The number of ether oxygens (including phenoxy) is 1. The van der Waals surface area contributed by atoms with Gasteiger partial charge in [0.2, 0.25) is 5.78 Å². The lowest BCUT2D eigenvalue weighted by atomic mass is 10.0. The van der Waals surface area contributed by atoms with Gasteiger partial charge in [-0.1, -0.05) is 12.1 Å². The molecule has 3 aromatic rings. The van der Waals surface area contributed by atoms with Crippen LogP contribution >= 0.6 is 0 Å². The molecule has 0 spiro atoms. The third kappa shape index (κ3) is 5.47. The Hall–Kier alpha value is -4.00. The molecule has 7 nitrogen and oxygen atoms in total. The van der Waals surface area contributed by atoms with Crippen LogP contribution in [0, 0.1) is 11.6 Å². The monoisotopic (exact) mass is 555 g/mol. The van der Waals surface area contributed by atoms with Crippen LogP contribution in [0.3, 0.4) is 0 Å². The van der Waals surface area contributed by atoms with Crippen molar-refractivity contribution in [1.82, 2.24) is 0 Å². The average molecular weight is 555 g/mol. The molecule has 0 amide bonds. The second kappa shape index (κ2) is 10.0. The third-order valence-electron chi connectivity index (χ3n) is 5.81. The Kier molecular flexibility index (Phi) is 7.15. The summed E-state index contributed by atoms with van der Waals surface area (Å²) >= 11 is 0. The minimum Gasteiger partial charge on any atom is -0.486 e. The van der Waals surface area contributed by atoms with Crippen molar-refractivity contribution in [3.8, 4) is 16.9 Å². The first kappa shape index (κ1) is 27.0. The van der Waals surface area contributed by atoms with Gasteiger partial charge in [-0.3, -0.25) is 9.10 Å². The van der Waals surface area contributed by atoms with Gasteiger partial charge in [0.05, 0.1) is 22.7 Å². The maximum absolute atomic E-state index is 14.4. The fourth-order valence-corrected chi connectivity index (χ4v) is 5.48. The number of alkyl halides is 3. The average Bonchev–Trinajstić information content (AvgIpc) is 2.87. The Morgan fingerprint density at radius 1 is 1.03 bits per heavy atom. The number of carbonyl (C=O) groups excluding carboxylic acids is 1. The Balaban J connectivity index is 1.81. The number of hydrogen-bond donors (Lipinski definition) is 1. The number of fused-ring (bicyclic) bond motifs is 1. The van der Waals surface area contributed by atoms with Crippen molar-refractivity contribution in [2.45, 2.75) is 30.0 Å². The molecule has 1 N–H and O–H groups in total. The van der Waals surface area contributed by atoms with Crippen LogP contribution in [-0.2, 0) is 25.8 Å². The maximum atomic E-state index is 14.4. The molecule has 0 aromatic heterocycles. The van der Waals surface area contributed by atoms with E-state index in [-0.39, 0.29) is 29.0 Å². The smallest absolute Gasteiger partial charge is 0.416 e. The number of anilines is 1. The predicted octanol–water partition coefficient (Wildman–Crippen LogP) is 5.04. The van der Waals surface area contributed by atoms with E-state index in [0.717, 1.165) is 34.6 Å². The quantitative estimate of drug-likeness (QED) is 0.324. The lowest BCUT2D eigenvalue weighted by Crippen LogP contribution is -2.44. The third-order valence-corrected chi connectivity index (χ3v) is 7.59. The van der Waals surface area contributed by atoms with Gasteiger partial charge in [0.15, 0.2) is 0 Å². The van der Waals surface area contributed by atoms with Crippen LogP contribution in [0.5, 0.6) is 5.75 Å². The molecular formula is C25H18F5NO6S. The van der Waals surface area contributed by atoms with Crippen LogP contribution in [0.2, 0.25) is 0 Å². The number of nitrogens with zero attached hydrogens (tertiary/aromatic N) is 1. The maximum Gasteiger partial charge on any atom is 0.416 e. The Morgan fingerprint density at radius 2 is 1.76 bits per heavy atom. The number of hydrogen-bond acceptors (Lipinski definition) is 5. The number of carbonyl (C=O) groups is 2. The molecule has 1 atom stereocenters. The summed E-state index contributed by atoms with van der Waals surface area (Å²) < 4.78 is 102. The number of rotatable bonds is 7. The summed E-state index contributed by atoms with van der Waals surface area (Å²) in [6, 6.07) is 9.54. The first-order valence-corrected chi connectivity index (χ1v) is 12.4. The lowest BCUT2D eigenvalue weighted by Gasteiger charge is -2.36. The van der Waals surface area contributed by atoms with E-state index in [0.29, 0.717) is 12.1 Å². The molecule has 38 heavy (non-hydrogen) atoms. The van der Waals surface area contributed by atoms with E-state index in [2.05, 4.69) is 0 Å². The minimum absolute atomic E-state index is 0.0631. The molecule has 0 saturated heterocycles.